The molecule has 0 saturated heterocycles. The van der Waals surface area contributed by atoms with Crippen molar-refractivity contribution in [2.75, 3.05) is 0 Å². The van der Waals surface area contributed by atoms with Crippen LogP contribution in [0.2, 0.25) is 0 Å². The predicted octanol–water partition coefficient (Wildman–Crippen LogP) is 2.18. The first-order valence-corrected chi connectivity index (χ1v) is 3.61. The van der Waals surface area contributed by atoms with Crippen LogP contribution in [0.5, 0.6) is 5.75 Å². The van der Waals surface area contributed by atoms with Crippen LogP contribution >= 0.6 is 0 Å². The molecule has 1 aromatic heterocycles. The quantitative estimate of drug-likeness (QED) is 0.694. The van der Waals surface area contributed by atoms with E-state index in [0.717, 1.165) is 12.3 Å². The molecule has 0 amide bonds. The Labute approximate surface area is 77.5 Å². The highest BCUT2D eigenvalue weighted by Gasteiger charge is 2.31. The van der Waals surface area contributed by atoms with Gasteiger partial charge in [0.2, 0.25) is 0 Å². The van der Waals surface area contributed by atoms with E-state index < -0.39 is 12.1 Å². The molecule has 76 valence electrons. The Morgan fingerprint density at radius 2 is 2.07 bits per heavy atom. The average molecular weight is 205 g/mol. The standard InChI is InChI=1S/C8H6F3NO2/c1-5(13)7-3-2-6(4-12-7)14-8(9,10)11/h2-4H,1H3. The van der Waals surface area contributed by atoms with E-state index in [1.165, 1.54) is 13.0 Å². The molecule has 0 aromatic carbocycles. The number of rotatable bonds is 2. The van der Waals surface area contributed by atoms with E-state index in [9.17, 15) is 18.0 Å². The molecule has 3 nitrogen and oxygen atoms in total. The van der Waals surface area contributed by atoms with Gasteiger partial charge < -0.3 is 4.74 Å². The first-order chi connectivity index (χ1) is 6.38. The molecular formula is C8H6F3NO2. The number of aromatic nitrogens is 1. The molecule has 14 heavy (non-hydrogen) atoms. The molecule has 0 saturated carbocycles. The first-order valence-electron chi connectivity index (χ1n) is 3.61. The minimum atomic E-state index is -4.74. The Hall–Kier alpha value is -1.59. The highest BCUT2D eigenvalue weighted by atomic mass is 19.4. The summed E-state index contributed by atoms with van der Waals surface area (Å²) in [5.74, 6) is -0.758. The number of ether oxygens (including phenoxy) is 1. The van der Waals surface area contributed by atoms with E-state index in [-0.39, 0.29) is 11.5 Å². The second-order valence-corrected chi connectivity index (χ2v) is 2.48. The molecule has 0 radical (unpaired) electrons. The molecule has 1 rings (SSSR count). The van der Waals surface area contributed by atoms with Crippen molar-refractivity contribution in [3.05, 3.63) is 24.0 Å². The van der Waals surface area contributed by atoms with Crippen molar-refractivity contribution >= 4 is 5.78 Å². The normalized spacial score (nSPS) is 11.1. The van der Waals surface area contributed by atoms with Crippen LogP contribution in [0, 0.1) is 0 Å². The topological polar surface area (TPSA) is 39.2 Å². The van der Waals surface area contributed by atoms with Gasteiger partial charge in [0.05, 0.1) is 6.20 Å². The highest BCUT2D eigenvalue weighted by molar-refractivity contribution is 5.92. The van der Waals surface area contributed by atoms with Gasteiger partial charge in [0.15, 0.2) is 5.78 Å². The third-order valence-corrected chi connectivity index (χ3v) is 1.33. The van der Waals surface area contributed by atoms with E-state index in [4.69, 9.17) is 0 Å². The maximum atomic E-state index is 11.7. The van der Waals surface area contributed by atoms with Crippen LogP contribution in [0.15, 0.2) is 18.3 Å². The first kappa shape index (κ1) is 10.5. The third-order valence-electron chi connectivity index (χ3n) is 1.33. The number of alkyl halides is 3. The van der Waals surface area contributed by atoms with E-state index in [2.05, 4.69) is 9.72 Å². The summed E-state index contributed by atoms with van der Waals surface area (Å²) in [4.78, 5) is 14.2. The van der Waals surface area contributed by atoms with Gasteiger partial charge in [-0.2, -0.15) is 0 Å². The summed E-state index contributed by atoms with van der Waals surface area (Å²) in [5, 5.41) is 0. The van der Waals surface area contributed by atoms with Crippen LogP contribution in [0.4, 0.5) is 13.2 Å². The summed E-state index contributed by atoms with van der Waals surface area (Å²) in [6.45, 7) is 1.27. The summed E-state index contributed by atoms with van der Waals surface area (Å²) in [6.07, 6.45) is -3.89. The van der Waals surface area contributed by atoms with E-state index >= 15 is 0 Å². The van der Waals surface area contributed by atoms with E-state index in [1.54, 1.807) is 0 Å². The summed E-state index contributed by atoms with van der Waals surface area (Å²) in [7, 11) is 0. The molecule has 0 aliphatic carbocycles. The molecule has 0 aliphatic rings. The largest absolute Gasteiger partial charge is 0.573 e. The molecule has 6 heteroatoms. The van der Waals surface area contributed by atoms with Crippen molar-refractivity contribution in [1.29, 1.82) is 0 Å². The average Bonchev–Trinajstić information content (AvgIpc) is 2.02. The monoisotopic (exact) mass is 205 g/mol. The van der Waals surface area contributed by atoms with E-state index in [0.29, 0.717) is 0 Å². The van der Waals surface area contributed by atoms with Gasteiger partial charge in [-0.1, -0.05) is 0 Å². The van der Waals surface area contributed by atoms with Crippen molar-refractivity contribution in [3.8, 4) is 5.75 Å². The van der Waals surface area contributed by atoms with Gasteiger partial charge in [0, 0.05) is 6.92 Å². The molecule has 0 spiro atoms. The van der Waals surface area contributed by atoms with Crippen LogP contribution < -0.4 is 4.74 Å². The molecule has 1 aromatic rings. The zero-order valence-electron chi connectivity index (χ0n) is 7.13. The van der Waals surface area contributed by atoms with Gasteiger partial charge in [0.25, 0.3) is 0 Å². The molecule has 0 fully saturated rings. The summed E-state index contributed by atoms with van der Waals surface area (Å²) in [6, 6.07) is 2.21. The van der Waals surface area contributed by atoms with Crippen LogP contribution in [0.25, 0.3) is 0 Å². The summed E-state index contributed by atoms with van der Waals surface area (Å²) in [5.41, 5.74) is 0.0968. The highest BCUT2D eigenvalue weighted by Crippen LogP contribution is 2.21. The number of Topliss-reactive ketones (excluding diaryl/α,β-unsaturated/α-hetero) is 1. The fourth-order valence-electron chi connectivity index (χ4n) is 0.783. The fourth-order valence-corrected chi connectivity index (χ4v) is 0.783. The van der Waals surface area contributed by atoms with Crippen LogP contribution in [0.3, 0.4) is 0 Å². The van der Waals surface area contributed by atoms with Crippen molar-refractivity contribution in [2.24, 2.45) is 0 Å². The molecule has 1 heterocycles. The lowest BCUT2D eigenvalue weighted by Gasteiger charge is -2.07. The van der Waals surface area contributed by atoms with Crippen molar-refractivity contribution in [1.82, 2.24) is 4.98 Å². The SMILES string of the molecule is CC(=O)c1ccc(OC(F)(F)F)cn1. The number of nitrogens with zero attached hydrogens (tertiary/aromatic N) is 1. The fraction of sp³-hybridized carbons (Fsp3) is 0.250. The lowest BCUT2D eigenvalue weighted by molar-refractivity contribution is -0.274. The summed E-state index contributed by atoms with van der Waals surface area (Å²) >= 11 is 0. The molecule has 0 unspecified atom stereocenters. The number of hydrogen-bond acceptors (Lipinski definition) is 3. The Balaban J connectivity index is 2.79. The smallest absolute Gasteiger partial charge is 0.404 e. The Morgan fingerprint density at radius 3 is 2.43 bits per heavy atom. The molecule has 0 N–H and O–H groups in total. The number of halogens is 3. The lowest BCUT2D eigenvalue weighted by Crippen LogP contribution is -2.17. The Bertz CT molecular complexity index is 331. The number of pyridine rings is 1. The van der Waals surface area contributed by atoms with Crippen LogP contribution in [-0.4, -0.2) is 17.1 Å². The van der Waals surface area contributed by atoms with Gasteiger partial charge in [-0.05, 0) is 12.1 Å². The van der Waals surface area contributed by atoms with E-state index in [1.807, 2.05) is 0 Å². The number of hydrogen-bond donors (Lipinski definition) is 0. The molecule has 0 aliphatic heterocycles. The third kappa shape index (κ3) is 3.04. The second-order valence-electron chi connectivity index (χ2n) is 2.48. The van der Waals surface area contributed by atoms with Crippen LogP contribution in [0.1, 0.15) is 17.4 Å². The minimum Gasteiger partial charge on any atom is -0.404 e. The van der Waals surface area contributed by atoms with Crippen molar-refractivity contribution < 1.29 is 22.7 Å². The molecule has 0 bridgehead atoms. The van der Waals surface area contributed by atoms with Crippen molar-refractivity contribution in [3.63, 3.8) is 0 Å². The second kappa shape index (κ2) is 3.65. The maximum absolute atomic E-state index is 11.7. The minimum absolute atomic E-state index is 0.0968. The number of ketones is 1. The molecular weight excluding hydrogens is 199 g/mol. The van der Waals surface area contributed by atoms with Gasteiger partial charge in [0.1, 0.15) is 11.4 Å². The maximum Gasteiger partial charge on any atom is 0.573 e. The summed E-state index contributed by atoms with van der Waals surface area (Å²) < 4.78 is 38.6. The Kier molecular flexibility index (Phi) is 2.73. The van der Waals surface area contributed by atoms with Crippen molar-refractivity contribution in [2.45, 2.75) is 13.3 Å². The van der Waals surface area contributed by atoms with Gasteiger partial charge >= 0.3 is 6.36 Å². The Morgan fingerprint density at radius 1 is 1.43 bits per heavy atom. The number of carbonyl (C=O) groups excluding carboxylic acids is 1. The molecule has 0 atom stereocenters. The number of carbonyl (C=O) groups is 1. The van der Waals surface area contributed by atoms with Crippen LogP contribution in [-0.2, 0) is 0 Å². The van der Waals surface area contributed by atoms with Gasteiger partial charge in [-0.15, -0.1) is 13.2 Å². The zero-order chi connectivity index (χ0) is 10.8. The van der Waals surface area contributed by atoms with Gasteiger partial charge in [-0.3, -0.25) is 4.79 Å². The predicted molar refractivity (Wildman–Crippen MR) is 40.9 cm³/mol. The zero-order valence-corrected chi connectivity index (χ0v) is 7.13. The van der Waals surface area contributed by atoms with Gasteiger partial charge in [-0.25, -0.2) is 4.98 Å². The lowest BCUT2D eigenvalue weighted by atomic mass is 10.3.